The molecule has 2 saturated carbocycles. The maximum absolute atomic E-state index is 11.6. The van der Waals surface area contributed by atoms with Gasteiger partial charge in [0.05, 0.1) is 22.7 Å². The number of hydrogen-bond acceptors (Lipinski definition) is 7. The Morgan fingerprint density at radius 1 is 0.914 bits per heavy atom. The van der Waals surface area contributed by atoms with Gasteiger partial charge in [-0.15, -0.1) is 12.4 Å². The third-order valence-electron chi connectivity index (χ3n) is 6.77. The molecule has 2 saturated heterocycles. The fourth-order valence-electron chi connectivity index (χ4n) is 5.00. The van der Waals surface area contributed by atoms with Crippen molar-refractivity contribution < 1.29 is 29.6 Å². The van der Waals surface area contributed by atoms with Gasteiger partial charge in [-0.2, -0.15) is 0 Å². The lowest BCUT2D eigenvalue weighted by Gasteiger charge is -2.34. The lowest BCUT2D eigenvalue weighted by Crippen LogP contribution is -2.44. The second kappa shape index (κ2) is 22.0. The topological polar surface area (TPSA) is 84.9 Å². The number of likely N-dealkylation sites (tertiary alicyclic amines) is 1. The lowest BCUT2D eigenvalue weighted by molar-refractivity contribution is -0.147. The van der Waals surface area contributed by atoms with Crippen LogP contribution in [-0.2, 0) is 23.9 Å². The number of Topliss-reactive ketones (excluding diaryl/α,β-unsaturated/α-hetero) is 1. The normalized spacial score (nSPS) is 24.3. The number of hydrogen-bond donors (Lipinski definition) is 1. The highest BCUT2D eigenvalue weighted by molar-refractivity contribution is 5.85. The minimum atomic E-state index is -1.00. The monoisotopic (exact) mass is 525 g/mol. The largest absolute Gasteiger partial charge is 0.468 e. The fourth-order valence-corrected chi connectivity index (χ4v) is 5.00. The van der Waals surface area contributed by atoms with Crippen molar-refractivity contribution in [3.63, 3.8) is 0 Å². The zero-order chi connectivity index (χ0) is 25.2. The first kappa shape index (κ1) is 33.8. The van der Waals surface area contributed by atoms with Crippen LogP contribution in [0, 0.1) is 0 Å². The van der Waals surface area contributed by atoms with Crippen molar-refractivity contribution >= 4 is 30.1 Å². The molecule has 0 bridgehead atoms. The molecule has 4 fully saturated rings. The van der Waals surface area contributed by atoms with Crippen LogP contribution in [0.3, 0.4) is 0 Å². The molecule has 0 aromatic heterocycles. The molecule has 2 aliphatic carbocycles. The number of nitrogens with zero attached hydrogens (tertiary/aromatic N) is 1. The Kier molecular flexibility index (Phi) is 21.2. The van der Waals surface area contributed by atoms with E-state index in [9.17, 15) is 18.8 Å². The molecule has 2 atom stereocenters. The van der Waals surface area contributed by atoms with E-state index in [0.29, 0.717) is 11.8 Å². The Labute approximate surface area is 220 Å². The van der Waals surface area contributed by atoms with Crippen molar-refractivity contribution in [2.75, 3.05) is 34.5 Å². The summed E-state index contributed by atoms with van der Waals surface area (Å²) in [7, 11) is 1.92. The van der Waals surface area contributed by atoms with Crippen LogP contribution in [0.1, 0.15) is 98.7 Å². The summed E-state index contributed by atoms with van der Waals surface area (Å²) in [5.41, 5.74) is 0. The third-order valence-corrected chi connectivity index (χ3v) is 6.77. The van der Waals surface area contributed by atoms with Gasteiger partial charge in [0, 0.05) is 18.9 Å². The van der Waals surface area contributed by atoms with Gasteiger partial charge in [0.2, 0.25) is 0 Å². The minimum Gasteiger partial charge on any atom is -0.468 e. The van der Waals surface area contributed by atoms with Crippen molar-refractivity contribution in [2.45, 2.75) is 115 Å². The van der Waals surface area contributed by atoms with Crippen molar-refractivity contribution in [3.05, 3.63) is 0 Å². The summed E-state index contributed by atoms with van der Waals surface area (Å²) in [4.78, 5) is 35.2. The lowest BCUT2D eigenvalue weighted by atomic mass is 9.94. The summed E-state index contributed by atoms with van der Waals surface area (Å²) in [5, 5.41) is 3.03. The average molecular weight is 526 g/mol. The number of methoxy groups -OCH3 is 2. The van der Waals surface area contributed by atoms with Crippen LogP contribution in [0.25, 0.3) is 0 Å². The third kappa shape index (κ3) is 13.6. The van der Waals surface area contributed by atoms with E-state index in [0.717, 1.165) is 64.5 Å². The van der Waals surface area contributed by atoms with E-state index in [1.54, 1.807) is 0 Å². The van der Waals surface area contributed by atoms with Crippen molar-refractivity contribution in [2.24, 2.45) is 0 Å². The predicted octanol–water partition coefficient (Wildman–Crippen LogP) is 5.03. The number of rotatable bonds is 3. The van der Waals surface area contributed by atoms with Gasteiger partial charge in [-0.05, 0) is 64.5 Å². The molecule has 1 N–H and O–H groups in total. The van der Waals surface area contributed by atoms with Gasteiger partial charge in [-0.25, -0.2) is 0 Å². The maximum Gasteiger partial charge on any atom is 0.323 e. The van der Waals surface area contributed by atoms with Crippen LogP contribution in [0.15, 0.2) is 0 Å². The first-order valence-electron chi connectivity index (χ1n) is 13.2. The smallest absolute Gasteiger partial charge is 0.323 e. The number of ether oxygens (including phenoxy) is 2. The highest BCUT2D eigenvalue weighted by Crippen LogP contribution is 2.29. The van der Waals surface area contributed by atoms with Crippen molar-refractivity contribution in [3.8, 4) is 0 Å². The Bertz CT molecular complexity index is 583. The van der Waals surface area contributed by atoms with E-state index in [-0.39, 0.29) is 43.9 Å². The van der Waals surface area contributed by atoms with Crippen LogP contribution < -0.4 is 5.32 Å². The summed E-state index contributed by atoms with van der Waals surface area (Å²) in [5.74, 6) is 0.303. The summed E-state index contributed by atoms with van der Waals surface area (Å²) < 4.78 is 24.9. The van der Waals surface area contributed by atoms with Crippen LogP contribution in [0.4, 0.5) is 4.39 Å². The summed E-state index contributed by atoms with van der Waals surface area (Å²) in [6.07, 6.45) is 16.0. The number of carbonyl (C=O) groups excluding carboxylic acids is 3. The van der Waals surface area contributed by atoms with E-state index in [2.05, 4.69) is 15.0 Å². The number of alkyl halides is 1. The highest BCUT2D eigenvalue weighted by atomic mass is 35.5. The first-order chi connectivity index (χ1) is 16.5. The SMILES string of the molecule is C.COC(=O)[C@H]1CCCN1.COC(=O)[C@H]1CCCN1C1CCCCC1.Cl.O=C1CCCCC1.[2H]CF. The number of halogens is 2. The Morgan fingerprint density at radius 2 is 1.49 bits per heavy atom. The number of esters is 2. The van der Waals surface area contributed by atoms with Crippen molar-refractivity contribution in [1.82, 2.24) is 10.2 Å². The van der Waals surface area contributed by atoms with E-state index in [1.165, 1.54) is 52.7 Å². The highest BCUT2D eigenvalue weighted by Gasteiger charge is 2.36. The van der Waals surface area contributed by atoms with Gasteiger partial charge in [-0.1, -0.05) is 33.1 Å². The molecule has 0 aromatic rings. The summed E-state index contributed by atoms with van der Waals surface area (Å²) in [6, 6.07) is 0.665. The van der Waals surface area contributed by atoms with Gasteiger partial charge in [0.15, 0.2) is 0 Å². The molecule has 0 spiro atoms. The van der Waals surface area contributed by atoms with Gasteiger partial charge in [0.25, 0.3) is 0 Å². The number of ketones is 1. The van der Waals surface area contributed by atoms with Crippen molar-refractivity contribution in [1.29, 1.82) is 0 Å². The van der Waals surface area contributed by atoms with E-state index in [1.807, 2.05) is 0 Å². The standard InChI is InChI=1S/C12H21NO2.C6H11NO2.C6H10O.CH3F.CH4.ClH/c1-15-12(14)11-8-5-9-13(11)10-6-3-2-4-7-10;1-9-6(8)5-3-2-4-7-5;7-6-4-2-1-3-5-6;1-2;;/h10-11H,2-9H2,1H3;5,7H,2-4H2,1H3;1-5H2;1H3;1H4;1H/t11-;5-;;;;/m11..../s1/i;;;1D;;. The molecule has 0 radical (unpaired) electrons. The summed E-state index contributed by atoms with van der Waals surface area (Å²) >= 11 is 0. The Hall–Kier alpha value is -1.25. The zero-order valence-electron chi connectivity index (χ0n) is 22.0. The quantitative estimate of drug-likeness (QED) is 0.517. The molecule has 0 unspecified atom stereocenters. The number of nitrogens with one attached hydrogen (secondary N) is 1. The second-order valence-corrected chi connectivity index (χ2v) is 8.98. The van der Waals surface area contributed by atoms with Gasteiger partial charge < -0.3 is 14.8 Å². The minimum absolute atomic E-state index is 0. The van der Waals surface area contributed by atoms with E-state index < -0.39 is 7.15 Å². The van der Waals surface area contributed by atoms with Crippen LogP contribution in [0.2, 0.25) is 0 Å². The Balaban J connectivity index is 0. The number of carbonyl (C=O) groups is 3. The van der Waals surface area contributed by atoms with E-state index >= 15 is 0 Å². The predicted molar refractivity (Wildman–Crippen MR) is 141 cm³/mol. The molecular weight excluding hydrogens is 475 g/mol. The molecule has 2 heterocycles. The molecule has 2 aliphatic heterocycles. The van der Waals surface area contributed by atoms with E-state index in [4.69, 9.17) is 6.11 Å². The average Bonchev–Trinajstić information content (AvgIpc) is 3.58. The summed E-state index contributed by atoms with van der Waals surface area (Å²) in [6.45, 7) is 2.03. The van der Waals surface area contributed by atoms with Crippen LogP contribution >= 0.6 is 12.4 Å². The fraction of sp³-hybridized carbons (Fsp3) is 0.885. The maximum atomic E-state index is 11.6. The van der Waals surface area contributed by atoms with Gasteiger partial charge in [-0.3, -0.25) is 23.7 Å². The van der Waals surface area contributed by atoms with Crippen LogP contribution in [-0.4, -0.2) is 75.2 Å². The molecule has 0 aromatic carbocycles. The molecule has 208 valence electrons. The first-order valence-corrected chi connectivity index (χ1v) is 12.5. The molecule has 0 amide bonds. The van der Waals surface area contributed by atoms with Gasteiger partial charge >= 0.3 is 11.9 Å². The molecule has 4 rings (SSSR count). The Morgan fingerprint density at radius 3 is 1.94 bits per heavy atom. The second-order valence-electron chi connectivity index (χ2n) is 8.98. The molecule has 7 nitrogen and oxygen atoms in total. The van der Waals surface area contributed by atoms with Gasteiger partial charge in [0.1, 0.15) is 17.9 Å². The molecule has 4 aliphatic rings. The molecular formula is C26H50ClFN2O5. The molecule has 35 heavy (non-hydrogen) atoms. The van der Waals surface area contributed by atoms with Crippen LogP contribution in [0.5, 0.6) is 0 Å². The molecule has 9 heteroatoms. The zero-order valence-corrected chi connectivity index (χ0v) is 21.8.